The Bertz CT molecular complexity index is 1270. The van der Waals surface area contributed by atoms with Crippen LogP contribution in [0.25, 0.3) is 0 Å². The summed E-state index contributed by atoms with van der Waals surface area (Å²) in [7, 11) is 1.58. The summed E-state index contributed by atoms with van der Waals surface area (Å²) in [6, 6.07) is 22.5. The lowest BCUT2D eigenvalue weighted by atomic mass is 9.55. The van der Waals surface area contributed by atoms with Crippen molar-refractivity contribution in [3.8, 4) is 5.75 Å². The molecule has 37 heavy (non-hydrogen) atoms. The molecule has 1 heterocycles. The average molecular weight is 513 g/mol. The highest BCUT2D eigenvalue weighted by molar-refractivity contribution is 7.98. The van der Waals surface area contributed by atoms with Crippen LogP contribution in [0, 0.1) is 11.8 Å². The van der Waals surface area contributed by atoms with Crippen LogP contribution >= 0.6 is 11.8 Å². The SMILES string of the molecule is COc1ccc(NC(=O)[C@H](CCSC)N2C(=O)[C@@H]3C4c5ccccc5C(c5ccccc54)[C@@H]3C2=O)cc1. The number of carbonyl (C=O) groups excluding carboxylic acids is 3. The summed E-state index contributed by atoms with van der Waals surface area (Å²) in [6.45, 7) is 0. The molecule has 3 aromatic rings. The third kappa shape index (κ3) is 3.67. The van der Waals surface area contributed by atoms with Gasteiger partial charge in [0, 0.05) is 17.5 Å². The molecule has 188 valence electrons. The Morgan fingerprint density at radius 3 is 1.78 bits per heavy atom. The Labute approximate surface area is 220 Å². The maximum absolute atomic E-state index is 14.1. The van der Waals surface area contributed by atoms with Gasteiger partial charge in [0.25, 0.3) is 0 Å². The van der Waals surface area contributed by atoms with Crippen LogP contribution in [0.1, 0.15) is 40.5 Å². The Balaban J connectivity index is 1.37. The first-order valence-corrected chi connectivity index (χ1v) is 13.9. The van der Waals surface area contributed by atoms with Crippen molar-refractivity contribution >= 4 is 35.2 Å². The Morgan fingerprint density at radius 2 is 1.35 bits per heavy atom. The number of imide groups is 1. The Kier molecular flexibility index (Phi) is 6.03. The number of hydrogen-bond donors (Lipinski definition) is 1. The molecule has 4 aliphatic rings. The Morgan fingerprint density at radius 1 is 0.865 bits per heavy atom. The molecular formula is C30H28N2O4S. The molecule has 3 aliphatic carbocycles. The van der Waals surface area contributed by atoms with E-state index in [0.717, 1.165) is 22.3 Å². The van der Waals surface area contributed by atoms with Gasteiger partial charge in [-0.25, -0.2) is 0 Å². The summed E-state index contributed by atoms with van der Waals surface area (Å²) in [5.41, 5.74) is 5.09. The van der Waals surface area contributed by atoms with Crippen LogP contribution < -0.4 is 10.1 Å². The fraction of sp³-hybridized carbons (Fsp3) is 0.300. The number of ether oxygens (including phenoxy) is 1. The largest absolute Gasteiger partial charge is 0.497 e. The lowest BCUT2D eigenvalue weighted by Crippen LogP contribution is -2.48. The van der Waals surface area contributed by atoms with E-state index in [1.807, 2.05) is 30.5 Å². The van der Waals surface area contributed by atoms with Crippen molar-refractivity contribution in [3.05, 3.63) is 95.1 Å². The molecule has 3 amide bonds. The first-order chi connectivity index (χ1) is 18.0. The predicted octanol–water partition coefficient (Wildman–Crippen LogP) is 4.65. The first-order valence-electron chi connectivity index (χ1n) is 12.5. The second kappa shape index (κ2) is 9.38. The molecular weight excluding hydrogens is 484 g/mol. The molecule has 0 aromatic heterocycles. The quantitative estimate of drug-likeness (QED) is 0.467. The van der Waals surface area contributed by atoms with Gasteiger partial charge in [0.15, 0.2) is 0 Å². The van der Waals surface area contributed by atoms with Crippen molar-refractivity contribution in [2.24, 2.45) is 11.8 Å². The van der Waals surface area contributed by atoms with E-state index in [1.54, 1.807) is 43.1 Å². The van der Waals surface area contributed by atoms with Crippen LogP contribution in [-0.2, 0) is 14.4 Å². The number of nitrogens with one attached hydrogen (secondary N) is 1. The molecule has 7 rings (SSSR count). The predicted molar refractivity (Wildman–Crippen MR) is 144 cm³/mol. The molecule has 1 N–H and O–H groups in total. The summed E-state index contributed by atoms with van der Waals surface area (Å²) in [5.74, 6) is -0.831. The van der Waals surface area contributed by atoms with Gasteiger partial charge in [-0.1, -0.05) is 48.5 Å². The smallest absolute Gasteiger partial charge is 0.247 e. The van der Waals surface area contributed by atoms with Crippen molar-refractivity contribution in [3.63, 3.8) is 0 Å². The van der Waals surface area contributed by atoms with Gasteiger partial charge in [-0.15, -0.1) is 0 Å². The highest BCUT2D eigenvalue weighted by Gasteiger charge is 2.62. The van der Waals surface area contributed by atoms with Crippen LogP contribution in [-0.4, -0.2) is 47.8 Å². The van der Waals surface area contributed by atoms with Gasteiger partial charge < -0.3 is 10.1 Å². The Hall–Kier alpha value is -3.58. The van der Waals surface area contributed by atoms with Crippen molar-refractivity contribution in [2.45, 2.75) is 24.3 Å². The minimum absolute atomic E-state index is 0.185. The number of benzene rings is 3. The van der Waals surface area contributed by atoms with Crippen molar-refractivity contribution in [1.82, 2.24) is 4.90 Å². The number of rotatable bonds is 7. The summed E-state index contributed by atoms with van der Waals surface area (Å²) in [5, 5.41) is 2.92. The number of anilines is 1. The van der Waals surface area contributed by atoms with E-state index in [1.165, 1.54) is 4.90 Å². The van der Waals surface area contributed by atoms with Crippen LogP contribution in [0.4, 0.5) is 5.69 Å². The van der Waals surface area contributed by atoms with Gasteiger partial charge in [-0.3, -0.25) is 19.3 Å². The number of methoxy groups -OCH3 is 1. The molecule has 0 spiro atoms. The van der Waals surface area contributed by atoms with Crippen LogP contribution in [0.15, 0.2) is 72.8 Å². The molecule has 1 aliphatic heterocycles. The number of nitrogens with zero attached hydrogens (tertiary/aromatic N) is 1. The van der Waals surface area contributed by atoms with Gasteiger partial charge in [0.05, 0.1) is 18.9 Å². The van der Waals surface area contributed by atoms with E-state index in [0.29, 0.717) is 23.6 Å². The lowest BCUT2D eigenvalue weighted by Gasteiger charge is -2.45. The van der Waals surface area contributed by atoms with Gasteiger partial charge in [0.2, 0.25) is 17.7 Å². The maximum atomic E-state index is 14.1. The third-order valence-electron chi connectivity index (χ3n) is 8.05. The number of hydrogen-bond acceptors (Lipinski definition) is 5. The second-order valence-corrected chi connectivity index (χ2v) is 10.8. The molecule has 3 aromatic carbocycles. The zero-order valence-electron chi connectivity index (χ0n) is 20.7. The van der Waals surface area contributed by atoms with Gasteiger partial charge >= 0.3 is 0 Å². The molecule has 2 bridgehead atoms. The van der Waals surface area contributed by atoms with E-state index < -0.39 is 17.9 Å². The number of carbonyl (C=O) groups is 3. The van der Waals surface area contributed by atoms with Crippen molar-refractivity contribution in [2.75, 3.05) is 24.4 Å². The molecule has 0 saturated carbocycles. The van der Waals surface area contributed by atoms with E-state index in [4.69, 9.17) is 4.74 Å². The molecule has 0 radical (unpaired) electrons. The standard InChI is InChI=1S/C30H28N2O4S/c1-36-18-13-11-17(12-14-18)31-28(33)23(15-16-37-2)32-29(34)26-24-19-7-3-4-8-20(19)25(27(26)30(32)35)22-10-6-5-9-21(22)24/h3-14,23-27H,15-16H2,1-2H3,(H,31,33)/t23-,24?,25?,26-,27+/m0/s1. The van der Waals surface area contributed by atoms with Crippen molar-refractivity contribution < 1.29 is 19.1 Å². The van der Waals surface area contributed by atoms with Gasteiger partial charge in [-0.2, -0.15) is 11.8 Å². The van der Waals surface area contributed by atoms with Crippen LogP contribution in [0.5, 0.6) is 5.75 Å². The molecule has 1 saturated heterocycles. The van der Waals surface area contributed by atoms with Crippen LogP contribution in [0.2, 0.25) is 0 Å². The molecule has 0 unspecified atom stereocenters. The molecule has 7 heteroatoms. The lowest BCUT2D eigenvalue weighted by molar-refractivity contribution is -0.146. The monoisotopic (exact) mass is 512 g/mol. The molecule has 3 atom stereocenters. The van der Waals surface area contributed by atoms with Gasteiger partial charge in [0.1, 0.15) is 11.8 Å². The number of amides is 3. The first kappa shape index (κ1) is 23.8. The molecule has 1 fully saturated rings. The van der Waals surface area contributed by atoms with Crippen LogP contribution in [0.3, 0.4) is 0 Å². The summed E-state index contributed by atoms with van der Waals surface area (Å²) in [6.07, 6.45) is 2.36. The van der Waals surface area contributed by atoms with E-state index in [9.17, 15) is 14.4 Å². The number of likely N-dealkylation sites (tertiary alicyclic amines) is 1. The van der Waals surface area contributed by atoms with E-state index in [-0.39, 0.29) is 29.6 Å². The second-order valence-electron chi connectivity index (χ2n) is 9.83. The van der Waals surface area contributed by atoms with E-state index >= 15 is 0 Å². The fourth-order valence-corrected chi connectivity index (χ4v) is 6.97. The highest BCUT2D eigenvalue weighted by atomic mass is 32.2. The normalized spacial score (nSPS) is 23.8. The zero-order valence-corrected chi connectivity index (χ0v) is 21.5. The zero-order chi connectivity index (χ0) is 25.7. The summed E-state index contributed by atoms with van der Waals surface area (Å²) in [4.78, 5) is 43.1. The maximum Gasteiger partial charge on any atom is 0.247 e. The fourth-order valence-electron chi connectivity index (χ4n) is 6.51. The molecule has 6 nitrogen and oxygen atoms in total. The van der Waals surface area contributed by atoms with E-state index in [2.05, 4.69) is 29.6 Å². The third-order valence-corrected chi connectivity index (χ3v) is 8.69. The minimum atomic E-state index is -0.870. The average Bonchev–Trinajstić information content (AvgIpc) is 3.19. The number of thioether (sulfide) groups is 1. The summed E-state index contributed by atoms with van der Waals surface area (Å²) >= 11 is 1.59. The topological polar surface area (TPSA) is 75.7 Å². The minimum Gasteiger partial charge on any atom is -0.497 e. The van der Waals surface area contributed by atoms with Crippen molar-refractivity contribution in [1.29, 1.82) is 0 Å². The summed E-state index contributed by atoms with van der Waals surface area (Å²) < 4.78 is 5.20. The van der Waals surface area contributed by atoms with Gasteiger partial charge in [-0.05, 0) is 64.9 Å². The highest BCUT2D eigenvalue weighted by Crippen LogP contribution is 2.61.